The van der Waals surface area contributed by atoms with Crippen molar-refractivity contribution in [2.75, 3.05) is 0 Å². The maximum absolute atomic E-state index is 12.3. The molecule has 0 saturated carbocycles. The summed E-state index contributed by atoms with van der Waals surface area (Å²) in [5.41, 5.74) is 6.82. The smallest absolute Gasteiger partial charge is 0.285 e. The van der Waals surface area contributed by atoms with E-state index in [1.165, 1.54) is 12.1 Å². The van der Waals surface area contributed by atoms with Crippen LogP contribution in [0.3, 0.4) is 0 Å². The monoisotopic (exact) mass is 345 g/mol. The van der Waals surface area contributed by atoms with Crippen molar-refractivity contribution in [3.63, 3.8) is 0 Å². The number of halogens is 1. The Morgan fingerprint density at radius 3 is 2.48 bits per heavy atom. The fourth-order valence-electron chi connectivity index (χ4n) is 2.09. The van der Waals surface area contributed by atoms with Gasteiger partial charge in [-0.2, -0.15) is 8.42 Å². The number of benzene rings is 2. The van der Waals surface area contributed by atoms with Gasteiger partial charge in [0.05, 0.1) is 10.5 Å². The Hall–Kier alpha value is -2.44. The summed E-state index contributed by atoms with van der Waals surface area (Å²) in [5.74, 6) is -0.185. The average Bonchev–Trinajstić information content (AvgIpc) is 2.54. The number of pyridine rings is 1. The van der Waals surface area contributed by atoms with Crippen molar-refractivity contribution < 1.29 is 8.42 Å². The number of hydrogen-bond donors (Lipinski definition) is 1. The van der Waals surface area contributed by atoms with Crippen molar-refractivity contribution in [1.82, 2.24) is 4.98 Å². The molecule has 2 aromatic carbocycles. The normalized spacial score (nSPS) is 12.5. The number of fused-ring (bicyclic) bond motifs is 1. The van der Waals surface area contributed by atoms with E-state index < -0.39 is 10.0 Å². The van der Waals surface area contributed by atoms with E-state index >= 15 is 0 Å². The van der Waals surface area contributed by atoms with Gasteiger partial charge in [-0.05, 0) is 24.3 Å². The largest absolute Gasteiger partial charge is 0.381 e. The second-order valence-electron chi connectivity index (χ2n) is 4.77. The van der Waals surface area contributed by atoms with Gasteiger partial charge in [0.2, 0.25) is 0 Å². The first-order chi connectivity index (χ1) is 11.0. The number of nitrogens with zero attached hydrogens (tertiary/aromatic N) is 2. The Morgan fingerprint density at radius 1 is 1.00 bits per heavy atom. The topological polar surface area (TPSA) is 85.4 Å². The first-order valence-electron chi connectivity index (χ1n) is 6.68. The molecule has 0 amide bonds. The fourth-order valence-corrected chi connectivity index (χ4v) is 3.53. The standard InChI is InChI=1S/C16H12ClN3O2S/c17-12-6-2-4-8-15(12)23(21,22)20-16(18)14-10-9-11-5-1-3-7-13(11)19-14/h1-10H,(H2,18,20). The molecule has 0 atom stereocenters. The average molecular weight is 346 g/mol. The SMILES string of the molecule is NC(=NS(=O)(=O)c1ccccc1Cl)c1ccc2ccccc2n1. The summed E-state index contributed by atoms with van der Waals surface area (Å²) < 4.78 is 28.3. The molecule has 23 heavy (non-hydrogen) atoms. The highest BCUT2D eigenvalue weighted by Gasteiger charge is 2.17. The summed E-state index contributed by atoms with van der Waals surface area (Å²) in [4.78, 5) is 4.23. The van der Waals surface area contributed by atoms with Crippen LogP contribution in [0.4, 0.5) is 0 Å². The zero-order valence-electron chi connectivity index (χ0n) is 11.8. The predicted molar refractivity (Wildman–Crippen MR) is 91.1 cm³/mol. The highest BCUT2D eigenvalue weighted by Crippen LogP contribution is 2.22. The molecule has 1 heterocycles. The number of rotatable bonds is 3. The number of amidine groups is 1. The second kappa shape index (κ2) is 5.98. The van der Waals surface area contributed by atoms with Gasteiger partial charge in [0, 0.05) is 5.39 Å². The molecule has 2 N–H and O–H groups in total. The van der Waals surface area contributed by atoms with Crippen LogP contribution in [0.2, 0.25) is 5.02 Å². The Bertz CT molecular complexity index is 1020. The van der Waals surface area contributed by atoms with Gasteiger partial charge in [0.1, 0.15) is 10.6 Å². The van der Waals surface area contributed by atoms with Gasteiger partial charge in [0.15, 0.2) is 5.84 Å². The van der Waals surface area contributed by atoms with Crippen LogP contribution in [0.5, 0.6) is 0 Å². The molecular formula is C16H12ClN3O2S. The maximum atomic E-state index is 12.3. The van der Waals surface area contributed by atoms with Crippen LogP contribution >= 0.6 is 11.6 Å². The lowest BCUT2D eigenvalue weighted by Crippen LogP contribution is -2.17. The molecule has 0 saturated heterocycles. The van der Waals surface area contributed by atoms with Gasteiger partial charge in [0.25, 0.3) is 10.0 Å². The van der Waals surface area contributed by atoms with Crippen molar-refractivity contribution in [2.24, 2.45) is 10.1 Å². The summed E-state index contributed by atoms with van der Waals surface area (Å²) in [6, 6.07) is 16.9. The van der Waals surface area contributed by atoms with Crippen LogP contribution in [0, 0.1) is 0 Å². The number of sulfonamides is 1. The Labute approximate surface area is 138 Å². The van der Waals surface area contributed by atoms with Crippen LogP contribution in [0.15, 0.2) is 70.0 Å². The third kappa shape index (κ3) is 3.18. The van der Waals surface area contributed by atoms with Crippen LogP contribution in [0.25, 0.3) is 10.9 Å². The lowest BCUT2D eigenvalue weighted by Gasteiger charge is -2.04. The van der Waals surface area contributed by atoms with E-state index in [0.29, 0.717) is 11.2 Å². The third-order valence-electron chi connectivity index (χ3n) is 3.19. The van der Waals surface area contributed by atoms with E-state index in [4.69, 9.17) is 17.3 Å². The highest BCUT2D eigenvalue weighted by atomic mass is 35.5. The Kier molecular flexibility index (Phi) is 4.02. The van der Waals surface area contributed by atoms with E-state index in [9.17, 15) is 8.42 Å². The lowest BCUT2D eigenvalue weighted by atomic mass is 10.2. The lowest BCUT2D eigenvalue weighted by molar-refractivity contribution is 0.598. The van der Waals surface area contributed by atoms with Crippen molar-refractivity contribution in [1.29, 1.82) is 0 Å². The van der Waals surface area contributed by atoms with Crippen molar-refractivity contribution in [3.05, 3.63) is 71.4 Å². The molecule has 0 unspecified atom stereocenters. The van der Waals surface area contributed by atoms with Gasteiger partial charge < -0.3 is 5.73 Å². The highest BCUT2D eigenvalue weighted by molar-refractivity contribution is 7.90. The minimum atomic E-state index is -4.00. The minimum absolute atomic E-state index is 0.0922. The van der Waals surface area contributed by atoms with Crippen LogP contribution in [-0.2, 0) is 10.0 Å². The zero-order valence-corrected chi connectivity index (χ0v) is 13.4. The fraction of sp³-hybridized carbons (Fsp3) is 0. The van der Waals surface area contributed by atoms with Crippen LogP contribution in [0.1, 0.15) is 5.69 Å². The number of hydrogen-bond acceptors (Lipinski definition) is 3. The molecule has 0 bridgehead atoms. The molecule has 0 fully saturated rings. The summed E-state index contributed by atoms with van der Waals surface area (Å²) in [5, 5.41) is 1.02. The van der Waals surface area contributed by atoms with Gasteiger partial charge >= 0.3 is 0 Å². The Morgan fingerprint density at radius 2 is 1.70 bits per heavy atom. The van der Waals surface area contributed by atoms with E-state index in [0.717, 1.165) is 5.39 Å². The first-order valence-corrected chi connectivity index (χ1v) is 8.50. The molecule has 116 valence electrons. The number of nitrogens with two attached hydrogens (primary N) is 1. The first kappa shape index (κ1) is 15.5. The summed E-state index contributed by atoms with van der Waals surface area (Å²) in [6.45, 7) is 0. The molecule has 3 rings (SSSR count). The Balaban J connectivity index is 2.05. The summed E-state index contributed by atoms with van der Waals surface area (Å²) in [6.07, 6.45) is 0. The third-order valence-corrected chi connectivity index (χ3v) is 4.98. The second-order valence-corrected chi connectivity index (χ2v) is 6.75. The van der Waals surface area contributed by atoms with Gasteiger partial charge in [-0.3, -0.25) is 0 Å². The van der Waals surface area contributed by atoms with Crippen molar-refractivity contribution >= 4 is 38.4 Å². The zero-order chi connectivity index (χ0) is 16.4. The summed E-state index contributed by atoms with van der Waals surface area (Å²) in [7, 11) is -4.00. The van der Waals surface area contributed by atoms with Gasteiger partial charge in [-0.15, -0.1) is 4.40 Å². The quantitative estimate of drug-likeness (QED) is 0.584. The van der Waals surface area contributed by atoms with Crippen molar-refractivity contribution in [2.45, 2.75) is 4.90 Å². The molecule has 1 aromatic heterocycles. The molecule has 5 nitrogen and oxygen atoms in total. The molecule has 0 aliphatic rings. The van der Waals surface area contributed by atoms with Gasteiger partial charge in [-0.1, -0.05) is 48.0 Å². The van der Waals surface area contributed by atoms with Gasteiger partial charge in [-0.25, -0.2) is 4.98 Å². The molecule has 0 spiro atoms. The molecule has 7 heteroatoms. The molecule has 3 aromatic rings. The molecule has 0 aliphatic carbocycles. The summed E-state index contributed by atoms with van der Waals surface area (Å²) >= 11 is 5.91. The van der Waals surface area contributed by atoms with E-state index in [1.54, 1.807) is 18.2 Å². The van der Waals surface area contributed by atoms with Crippen LogP contribution in [-0.4, -0.2) is 19.2 Å². The predicted octanol–water partition coefficient (Wildman–Crippen LogP) is 2.98. The van der Waals surface area contributed by atoms with E-state index in [1.807, 2.05) is 30.3 Å². The maximum Gasteiger partial charge on any atom is 0.285 e. The molecular weight excluding hydrogens is 334 g/mol. The number of aromatic nitrogens is 1. The minimum Gasteiger partial charge on any atom is -0.381 e. The molecule has 0 radical (unpaired) electrons. The van der Waals surface area contributed by atoms with E-state index in [-0.39, 0.29) is 15.8 Å². The number of para-hydroxylation sites is 1. The van der Waals surface area contributed by atoms with Crippen LogP contribution < -0.4 is 5.73 Å². The van der Waals surface area contributed by atoms with E-state index in [2.05, 4.69) is 9.38 Å². The van der Waals surface area contributed by atoms with Crippen molar-refractivity contribution in [3.8, 4) is 0 Å². The molecule has 0 aliphatic heterocycles.